The van der Waals surface area contributed by atoms with Crippen molar-refractivity contribution < 1.29 is 47.9 Å². The molecule has 4 atom stereocenters. The van der Waals surface area contributed by atoms with E-state index in [1.165, 1.54) is 0 Å². The number of sulfonamides is 1. The van der Waals surface area contributed by atoms with Gasteiger partial charge in [-0.2, -0.15) is 0 Å². The molecule has 0 saturated heterocycles. The van der Waals surface area contributed by atoms with E-state index >= 15 is 0 Å². The summed E-state index contributed by atoms with van der Waals surface area (Å²) in [6.07, 6.45) is 8.38. The topological polar surface area (TPSA) is 86.3 Å². The fourth-order valence-electron chi connectivity index (χ4n) is 4.93. The standard InChI is InChI=1S/C22H31NO4S.Na/c1-22(2)17-14-16(10-6-3-4-9-13-20(24)25)21(19(22)15-17)23-28(26,27)18-11-7-5-8-12-18;/h3,5-8,11-12,16-17,19,21,23H,4,9-10,13-15H2,1-2H3,(H,24,25);/q;+1/p-1/t16-,17-,19-,21+;/m0./s1. The van der Waals surface area contributed by atoms with Gasteiger partial charge in [-0.25, -0.2) is 13.1 Å². The zero-order valence-corrected chi connectivity index (χ0v) is 20.5. The fraction of sp³-hybridized carbons (Fsp3) is 0.591. The van der Waals surface area contributed by atoms with Crippen molar-refractivity contribution in [2.24, 2.45) is 23.2 Å². The molecule has 0 aliphatic heterocycles. The molecule has 154 valence electrons. The van der Waals surface area contributed by atoms with Crippen LogP contribution in [0.3, 0.4) is 0 Å². The largest absolute Gasteiger partial charge is 1.00 e. The molecule has 3 aliphatic carbocycles. The average Bonchev–Trinajstić information content (AvgIpc) is 2.65. The molecule has 0 spiro atoms. The number of rotatable bonds is 9. The average molecular weight is 428 g/mol. The summed E-state index contributed by atoms with van der Waals surface area (Å²) in [7, 11) is -3.55. The number of carbonyl (C=O) groups is 1. The van der Waals surface area contributed by atoms with E-state index in [-0.39, 0.29) is 53.4 Å². The Kier molecular flexibility index (Phi) is 8.57. The van der Waals surface area contributed by atoms with Crippen LogP contribution in [-0.4, -0.2) is 20.4 Å². The van der Waals surface area contributed by atoms with Gasteiger partial charge in [0.05, 0.1) is 4.90 Å². The molecule has 1 aromatic rings. The summed E-state index contributed by atoms with van der Waals surface area (Å²) in [5.74, 6) is 0.249. The van der Waals surface area contributed by atoms with E-state index in [9.17, 15) is 18.3 Å². The van der Waals surface area contributed by atoms with Gasteiger partial charge >= 0.3 is 29.6 Å². The van der Waals surface area contributed by atoms with Crippen molar-refractivity contribution in [1.29, 1.82) is 0 Å². The molecule has 0 amide bonds. The maximum Gasteiger partial charge on any atom is 1.00 e. The summed E-state index contributed by atoms with van der Waals surface area (Å²) in [5.41, 5.74) is 0.165. The van der Waals surface area contributed by atoms with E-state index < -0.39 is 16.0 Å². The molecule has 3 fully saturated rings. The second kappa shape index (κ2) is 10.1. The Morgan fingerprint density at radius 2 is 1.90 bits per heavy atom. The van der Waals surface area contributed by atoms with Gasteiger partial charge in [0.1, 0.15) is 0 Å². The van der Waals surface area contributed by atoms with Crippen molar-refractivity contribution >= 4 is 16.0 Å². The number of carboxylic acid groups (broad SMARTS) is 1. The molecule has 3 saturated carbocycles. The second-order valence-electron chi connectivity index (χ2n) is 8.79. The zero-order valence-electron chi connectivity index (χ0n) is 17.6. The molecule has 29 heavy (non-hydrogen) atoms. The monoisotopic (exact) mass is 427 g/mol. The number of aliphatic carboxylic acids is 1. The molecule has 0 heterocycles. The molecule has 1 N–H and O–H groups in total. The van der Waals surface area contributed by atoms with E-state index in [1.807, 2.05) is 12.1 Å². The smallest absolute Gasteiger partial charge is 0.550 e. The summed E-state index contributed by atoms with van der Waals surface area (Å²) in [4.78, 5) is 10.8. The van der Waals surface area contributed by atoms with Crippen molar-refractivity contribution in [3.05, 3.63) is 42.5 Å². The number of carbonyl (C=O) groups excluding carboxylic acids is 1. The van der Waals surface area contributed by atoms with Gasteiger partial charge in [0, 0.05) is 12.0 Å². The molecule has 2 bridgehead atoms. The summed E-state index contributed by atoms with van der Waals surface area (Å²) in [6.45, 7) is 4.50. The van der Waals surface area contributed by atoms with Gasteiger partial charge in [0.2, 0.25) is 10.0 Å². The first-order valence-corrected chi connectivity index (χ1v) is 11.6. The van der Waals surface area contributed by atoms with Gasteiger partial charge in [-0.3, -0.25) is 0 Å². The number of hydrogen-bond donors (Lipinski definition) is 1. The van der Waals surface area contributed by atoms with E-state index in [0.717, 1.165) is 19.3 Å². The summed E-state index contributed by atoms with van der Waals surface area (Å²) in [5, 5.41) is 10.5. The predicted octanol–water partition coefficient (Wildman–Crippen LogP) is -0.114. The maximum absolute atomic E-state index is 12.9. The van der Waals surface area contributed by atoms with Crippen LogP contribution < -0.4 is 39.4 Å². The van der Waals surface area contributed by atoms with Crippen LogP contribution >= 0.6 is 0 Å². The van der Waals surface area contributed by atoms with Crippen LogP contribution in [0.2, 0.25) is 0 Å². The predicted molar refractivity (Wildman–Crippen MR) is 107 cm³/mol. The van der Waals surface area contributed by atoms with Crippen LogP contribution in [0.4, 0.5) is 0 Å². The van der Waals surface area contributed by atoms with Gasteiger partial charge in [0.25, 0.3) is 0 Å². The first kappa shape index (κ1) is 24.6. The molecular formula is C22H30NNaO4S. The Balaban J connectivity index is 0.00000300. The molecule has 0 radical (unpaired) electrons. The molecular weight excluding hydrogens is 397 g/mol. The summed E-state index contributed by atoms with van der Waals surface area (Å²) in [6, 6.07) is 8.49. The minimum atomic E-state index is -3.55. The van der Waals surface area contributed by atoms with Crippen LogP contribution in [-0.2, 0) is 14.8 Å². The number of benzene rings is 1. The first-order chi connectivity index (χ1) is 13.2. The Hall–Kier alpha value is -0.660. The zero-order chi connectivity index (χ0) is 20.4. The van der Waals surface area contributed by atoms with Crippen molar-refractivity contribution in [2.75, 3.05) is 0 Å². The quantitative estimate of drug-likeness (QED) is 0.338. The van der Waals surface area contributed by atoms with Gasteiger partial charge in [-0.05, 0) is 73.8 Å². The first-order valence-electron chi connectivity index (χ1n) is 10.1. The Labute approximate surface area is 196 Å². The molecule has 4 rings (SSSR count). The number of fused-ring (bicyclic) bond motifs is 2. The molecule has 5 nitrogen and oxygen atoms in total. The third-order valence-electron chi connectivity index (χ3n) is 6.78. The van der Waals surface area contributed by atoms with Crippen LogP contribution in [0.15, 0.2) is 47.4 Å². The molecule has 3 aliphatic rings. The third-order valence-corrected chi connectivity index (χ3v) is 8.25. The second-order valence-corrected chi connectivity index (χ2v) is 10.5. The van der Waals surface area contributed by atoms with Crippen molar-refractivity contribution in [1.82, 2.24) is 4.72 Å². The number of unbranched alkanes of at least 4 members (excludes halogenated alkanes) is 1. The fourth-order valence-corrected chi connectivity index (χ4v) is 6.29. The summed E-state index contributed by atoms with van der Waals surface area (Å²) < 4.78 is 28.8. The molecule has 7 heteroatoms. The van der Waals surface area contributed by atoms with Crippen molar-refractivity contribution in [2.45, 2.75) is 63.3 Å². The number of carboxylic acids is 1. The molecule has 0 unspecified atom stereocenters. The van der Waals surface area contributed by atoms with Crippen LogP contribution in [0.5, 0.6) is 0 Å². The number of hydrogen-bond acceptors (Lipinski definition) is 4. The van der Waals surface area contributed by atoms with Crippen LogP contribution in [0.25, 0.3) is 0 Å². The Morgan fingerprint density at radius 3 is 2.52 bits per heavy atom. The van der Waals surface area contributed by atoms with Gasteiger partial charge < -0.3 is 9.90 Å². The molecule has 1 aromatic carbocycles. The maximum atomic E-state index is 12.9. The van der Waals surface area contributed by atoms with Crippen LogP contribution in [0.1, 0.15) is 52.4 Å². The van der Waals surface area contributed by atoms with Gasteiger partial charge in [0.15, 0.2) is 0 Å². The van der Waals surface area contributed by atoms with E-state index in [0.29, 0.717) is 29.6 Å². The van der Waals surface area contributed by atoms with Gasteiger partial charge in [-0.1, -0.05) is 44.2 Å². The van der Waals surface area contributed by atoms with E-state index in [2.05, 4.69) is 24.6 Å². The summed E-state index contributed by atoms with van der Waals surface area (Å²) >= 11 is 0. The molecule has 0 aromatic heterocycles. The number of nitrogens with one attached hydrogen (secondary N) is 1. The number of allylic oxidation sites excluding steroid dienone is 2. The Morgan fingerprint density at radius 1 is 1.21 bits per heavy atom. The van der Waals surface area contributed by atoms with E-state index in [1.54, 1.807) is 24.3 Å². The van der Waals surface area contributed by atoms with Gasteiger partial charge in [-0.15, -0.1) is 0 Å². The minimum Gasteiger partial charge on any atom is -0.550 e. The van der Waals surface area contributed by atoms with Crippen LogP contribution in [0, 0.1) is 23.2 Å². The van der Waals surface area contributed by atoms with E-state index in [4.69, 9.17) is 0 Å². The SMILES string of the molecule is CC1(C)[C@H]2C[C@H](CC=CCCCC(=O)[O-])[C@@H](NS(=O)(=O)c3ccccc3)[C@@H]1C2.[Na+]. The van der Waals surface area contributed by atoms with Crippen molar-refractivity contribution in [3.8, 4) is 0 Å². The minimum absolute atomic E-state index is 0. The normalized spacial score (nSPS) is 27.8. The Bertz CT molecular complexity index is 822. The third kappa shape index (κ3) is 5.73. The van der Waals surface area contributed by atoms with Crippen molar-refractivity contribution in [3.63, 3.8) is 0 Å².